The third-order valence-electron chi connectivity index (χ3n) is 5.01. The van der Waals surface area contributed by atoms with Gasteiger partial charge in [0.15, 0.2) is 13.1 Å². The predicted octanol–water partition coefficient (Wildman–Crippen LogP) is 5.52. The number of rotatable bonds is 17. The lowest BCUT2D eigenvalue weighted by atomic mass is 10.1. The molecule has 0 radical (unpaired) electrons. The van der Waals surface area contributed by atoms with Crippen LogP contribution in [0, 0.1) is 0 Å². The van der Waals surface area contributed by atoms with Gasteiger partial charge in [-0.2, -0.15) is 0 Å². The highest BCUT2D eigenvalue weighted by Crippen LogP contribution is 2.41. The first-order chi connectivity index (χ1) is 15.9. The van der Waals surface area contributed by atoms with E-state index in [2.05, 4.69) is 10.1 Å². The maximum atomic E-state index is 13.4. The SMILES string of the molecule is CCC(=O)CCP(=O)(CCOCCSSc1ccccn1)NCCc1ccc(C(C)=O)cc1. The minimum atomic E-state index is -2.72. The molecule has 0 aliphatic heterocycles. The van der Waals surface area contributed by atoms with E-state index in [9.17, 15) is 14.2 Å². The van der Waals surface area contributed by atoms with Crippen LogP contribution in [-0.4, -0.2) is 54.4 Å². The fourth-order valence-electron chi connectivity index (χ4n) is 2.97. The summed E-state index contributed by atoms with van der Waals surface area (Å²) >= 11 is 0. The van der Waals surface area contributed by atoms with Gasteiger partial charge in [-0.1, -0.05) is 48.0 Å². The number of carbonyl (C=O) groups excluding carboxylic acids is 2. The summed E-state index contributed by atoms with van der Waals surface area (Å²) in [5.74, 6) is 0.975. The topological polar surface area (TPSA) is 85.4 Å². The van der Waals surface area contributed by atoms with Crippen LogP contribution in [0.25, 0.3) is 0 Å². The molecule has 0 amide bonds. The van der Waals surface area contributed by atoms with E-state index in [1.54, 1.807) is 34.7 Å². The lowest BCUT2D eigenvalue weighted by Crippen LogP contribution is -2.21. The molecule has 0 fully saturated rings. The van der Waals surface area contributed by atoms with Crippen molar-refractivity contribution in [1.82, 2.24) is 10.1 Å². The van der Waals surface area contributed by atoms with Gasteiger partial charge in [0.1, 0.15) is 10.8 Å². The number of hydrogen-bond acceptors (Lipinski definition) is 7. The molecule has 9 heteroatoms. The number of carbonyl (C=O) groups is 2. The molecule has 0 aliphatic carbocycles. The molecular weight excluding hydrogens is 475 g/mol. The molecule has 33 heavy (non-hydrogen) atoms. The quantitative estimate of drug-likeness (QED) is 0.129. The molecule has 0 spiro atoms. The van der Waals surface area contributed by atoms with Crippen molar-refractivity contribution in [3.05, 3.63) is 59.8 Å². The van der Waals surface area contributed by atoms with Gasteiger partial charge < -0.3 is 9.30 Å². The Balaban J connectivity index is 1.74. The molecule has 0 saturated heterocycles. The van der Waals surface area contributed by atoms with Crippen LogP contribution in [0.2, 0.25) is 0 Å². The molecule has 1 aromatic carbocycles. The van der Waals surface area contributed by atoms with Gasteiger partial charge in [0.05, 0.1) is 13.2 Å². The smallest absolute Gasteiger partial charge is 0.159 e. The van der Waals surface area contributed by atoms with Crippen molar-refractivity contribution < 1.29 is 18.9 Å². The van der Waals surface area contributed by atoms with Gasteiger partial charge in [-0.3, -0.25) is 14.7 Å². The Kier molecular flexibility index (Phi) is 13.0. The number of aromatic nitrogens is 1. The molecular formula is C24H33N2O4PS2. The number of pyridine rings is 1. The number of nitrogens with one attached hydrogen (secondary N) is 1. The van der Waals surface area contributed by atoms with Crippen molar-refractivity contribution in [3.63, 3.8) is 0 Å². The van der Waals surface area contributed by atoms with E-state index in [4.69, 9.17) is 4.74 Å². The maximum Gasteiger partial charge on any atom is 0.159 e. The van der Waals surface area contributed by atoms with Gasteiger partial charge in [-0.15, -0.1) is 0 Å². The summed E-state index contributed by atoms with van der Waals surface area (Å²) < 4.78 is 19.2. The Morgan fingerprint density at radius 1 is 1.09 bits per heavy atom. The number of ketones is 2. The number of Topliss-reactive ketones (excluding diaryl/α,β-unsaturated/α-hetero) is 2. The summed E-state index contributed by atoms with van der Waals surface area (Å²) in [6.07, 6.45) is 4.03. The van der Waals surface area contributed by atoms with Crippen molar-refractivity contribution in [2.45, 2.75) is 38.1 Å². The monoisotopic (exact) mass is 508 g/mol. The zero-order chi connectivity index (χ0) is 23.9. The molecule has 0 saturated carbocycles. The second kappa shape index (κ2) is 15.5. The zero-order valence-electron chi connectivity index (χ0n) is 19.3. The lowest BCUT2D eigenvalue weighted by Gasteiger charge is -2.20. The van der Waals surface area contributed by atoms with Crippen molar-refractivity contribution in [2.75, 3.05) is 37.8 Å². The van der Waals surface area contributed by atoms with Crippen molar-refractivity contribution in [1.29, 1.82) is 0 Å². The van der Waals surface area contributed by atoms with Crippen molar-refractivity contribution in [3.8, 4) is 0 Å². The first kappa shape index (κ1) is 27.8. The summed E-state index contributed by atoms with van der Waals surface area (Å²) in [6, 6.07) is 13.3. The molecule has 1 aromatic heterocycles. The van der Waals surface area contributed by atoms with Gasteiger partial charge in [0.2, 0.25) is 0 Å². The number of benzene rings is 1. The van der Waals surface area contributed by atoms with Crippen LogP contribution < -0.4 is 5.09 Å². The standard InChI is InChI=1S/C24H33N2O4PS2/c1-3-23(28)12-17-31(29,26-14-11-21-7-9-22(10-8-21)20(2)27)18-15-30-16-19-32-33-24-6-4-5-13-25-24/h4-10,13H,3,11-12,14-19H2,1-2H3,(H,26,29). The van der Waals surface area contributed by atoms with E-state index < -0.39 is 7.29 Å². The fourth-order valence-corrected chi connectivity index (χ4v) is 6.80. The molecule has 0 aliphatic rings. The van der Waals surface area contributed by atoms with Crippen LogP contribution in [0.4, 0.5) is 0 Å². The van der Waals surface area contributed by atoms with Gasteiger partial charge in [0, 0.05) is 49.2 Å². The summed E-state index contributed by atoms with van der Waals surface area (Å²) in [6.45, 7) is 4.89. The Hall–Kier alpha value is -1.44. The van der Waals surface area contributed by atoms with Gasteiger partial charge >= 0.3 is 0 Å². The largest absolute Gasteiger partial charge is 0.380 e. The van der Waals surface area contributed by atoms with E-state index in [-0.39, 0.29) is 11.6 Å². The molecule has 0 bridgehead atoms. The summed E-state index contributed by atoms with van der Waals surface area (Å²) in [5, 5.41) is 4.19. The maximum absolute atomic E-state index is 13.4. The summed E-state index contributed by atoms with van der Waals surface area (Å²) in [7, 11) is 0.562. The fraction of sp³-hybridized carbons (Fsp3) is 0.458. The molecule has 1 N–H and O–H groups in total. The second-order valence-corrected chi connectivity index (χ2v) is 13.0. The summed E-state index contributed by atoms with van der Waals surface area (Å²) in [4.78, 5) is 27.5. The normalized spacial score (nSPS) is 12.9. The second-order valence-electron chi connectivity index (χ2n) is 7.58. The zero-order valence-corrected chi connectivity index (χ0v) is 21.9. The Bertz CT molecular complexity index is 910. The van der Waals surface area contributed by atoms with Gasteiger partial charge in [0.25, 0.3) is 0 Å². The van der Waals surface area contributed by atoms with E-state index in [1.165, 1.54) is 0 Å². The number of ether oxygens (including phenoxy) is 1. The van der Waals surface area contributed by atoms with Crippen molar-refractivity contribution in [2.24, 2.45) is 0 Å². The molecule has 1 unspecified atom stereocenters. The average Bonchev–Trinajstić information content (AvgIpc) is 2.83. The highest BCUT2D eigenvalue weighted by atomic mass is 33.1. The lowest BCUT2D eigenvalue weighted by molar-refractivity contribution is -0.118. The molecule has 2 aromatic rings. The number of hydrogen-bond donors (Lipinski definition) is 1. The van der Waals surface area contributed by atoms with Crippen LogP contribution in [0.3, 0.4) is 0 Å². The van der Waals surface area contributed by atoms with E-state index in [1.807, 2.05) is 49.4 Å². The first-order valence-corrected chi connectivity index (χ1v) is 15.5. The van der Waals surface area contributed by atoms with Crippen LogP contribution in [0.5, 0.6) is 0 Å². The molecule has 1 atom stereocenters. The molecule has 2 rings (SSSR count). The minimum absolute atomic E-state index is 0.0403. The molecule has 180 valence electrons. The third kappa shape index (κ3) is 11.5. The van der Waals surface area contributed by atoms with Crippen LogP contribution in [0.1, 0.15) is 42.6 Å². The van der Waals surface area contributed by atoms with E-state index in [0.717, 1.165) is 16.3 Å². The molecule has 1 heterocycles. The van der Waals surface area contributed by atoms with Gasteiger partial charge in [-0.05, 0) is 41.8 Å². The Labute approximate surface area is 204 Å². The van der Waals surface area contributed by atoms with Gasteiger partial charge in [-0.25, -0.2) is 4.98 Å². The van der Waals surface area contributed by atoms with Crippen LogP contribution in [0.15, 0.2) is 53.7 Å². The van der Waals surface area contributed by atoms with Crippen LogP contribution >= 0.6 is 28.9 Å². The highest BCUT2D eigenvalue weighted by molar-refractivity contribution is 8.76. The Morgan fingerprint density at radius 2 is 1.88 bits per heavy atom. The van der Waals surface area contributed by atoms with E-state index in [0.29, 0.717) is 56.9 Å². The van der Waals surface area contributed by atoms with Crippen molar-refractivity contribution >= 4 is 40.4 Å². The minimum Gasteiger partial charge on any atom is -0.380 e. The average molecular weight is 509 g/mol. The summed E-state index contributed by atoms with van der Waals surface area (Å²) in [5.41, 5.74) is 1.76. The predicted molar refractivity (Wildman–Crippen MR) is 139 cm³/mol. The van der Waals surface area contributed by atoms with E-state index >= 15 is 0 Å². The van der Waals surface area contributed by atoms with Crippen LogP contribution in [-0.2, 0) is 20.5 Å². The first-order valence-electron chi connectivity index (χ1n) is 11.1. The highest BCUT2D eigenvalue weighted by Gasteiger charge is 2.22. The molecule has 6 nitrogen and oxygen atoms in total. The third-order valence-corrected chi connectivity index (χ3v) is 9.89. The number of nitrogens with zero attached hydrogens (tertiary/aromatic N) is 1. The Morgan fingerprint density at radius 3 is 2.55 bits per heavy atom.